The van der Waals surface area contributed by atoms with Crippen LogP contribution in [0.3, 0.4) is 0 Å². The van der Waals surface area contributed by atoms with Gasteiger partial charge in [-0.25, -0.2) is 4.39 Å². The quantitative estimate of drug-likeness (QED) is 0.746. The Labute approximate surface area is 111 Å². The lowest BCUT2D eigenvalue weighted by atomic mass is 10.0. The summed E-state index contributed by atoms with van der Waals surface area (Å²) in [5, 5.41) is 0.911. The summed E-state index contributed by atoms with van der Waals surface area (Å²) in [5.74, 6) is -0.223. The average molecular weight is 254 g/mol. The summed E-state index contributed by atoms with van der Waals surface area (Å²) < 4.78 is 15.6. The summed E-state index contributed by atoms with van der Waals surface area (Å²) in [4.78, 5) is 0. The first-order valence-corrected chi connectivity index (χ1v) is 6.24. The molecule has 1 heterocycles. The Hall–Kier alpha value is -2.13. The van der Waals surface area contributed by atoms with Crippen molar-refractivity contribution in [3.05, 3.63) is 60.0 Å². The zero-order valence-corrected chi connectivity index (χ0v) is 10.7. The molecule has 0 fully saturated rings. The molecule has 0 aliphatic rings. The van der Waals surface area contributed by atoms with Crippen molar-refractivity contribution in [1.29, 1.82) is 0 Å². The molecule has 0 amide bonds. The Kier molecular flexibility index (Phi) is 2.84. The van der Waals surface area contributed by atoms with E-state index in [1.807, 2.05) is 41.9 Å². The minimum atomic E-state index is -0.223. The monoisotopic (exact) mass is 254 g/mol. The van der Waals surface area contributed by atoms with Gasteiger partial charge in [0, 0.05) is 35.8 Å². The van der Waals surface area contributed by atoms with Crippen molar-refractivity contribution in [3.63, 3.8) is 0 Å². The average Bonchev–Trinajstić information content (AvgIpc) is 2.71. The van der Waals surface area contributed by atoms with Gasteiger partial charge < -0.3 is 10.3 Å². The van der Waals surface area contributed by atoms with Crippen LogP contribution in [0.25, 0.3) is 22.0 Å². The van der Waals surface area contributed by atoms with E-state index in [4.69, 9.17) is 5.73 Å². The molecule has 96 valence electrons. The van der Waals surface area contributed by atoms with E-state index in [1.165, 1.54) is 6.07 Å². The van der Waals surface area contributed by atoms with E-state index in [1.54, 1.807) is 12.1 Å². The van der Waals surface area contributed by atoms with Gasteiger partial charge in [0.25, 0.3) is 0 Å². The number of halogens is 1. The van der Waals surface area contributed by atoms with Crippen LogP contribution in [0.2, 0.25) is 0 Å². The third-order valence-electron chi connectivity index (χ3n) is 3.54. The fourth-order valence-electron chi connectivity index (χ4n) is 2.64. The van der Waals surface area contributed by atoms with Crippen LogP contribution in [-0.4, -0.2) is 4.57 Å². The number of benzene rings is 2. The molecular weight excluding hydrogens is 239 g/mol. The van der Waals surface area contributed by atoms with Gasteiger partial charge in [-0.2, -0.15) is 0 Å². The zero-order chi connectivity index (χ0) is 13.4. The maximum atomic E-state index is 13.5. The first-order chi connectivity index (χ1) is 9.22. The minimum Gasteiger partial charge on any atom is -0.346 e. The molecule has 0 unspecified atom stereocenters. The highest BCUT2D eigenvalue weighted by Crippen LogP contribution is 2.34. The maximum Gasteiger partial charge on any atom is 0.123 e. The van der Waals surface area contributed by atoms with Gasteiger partial charge >= 0.3 is 0 Å². The van der Waals surface area contributed by atoms with Gasteiger partial charge in [0.05, 0.1) is 0 Å². The Bertz CT molecular complexity index is 729. The van der Waals surface area contributed by atoms with E-state index in [2.05, 4.69) is 0 Å². The molecule has 1 aromatic heterocycles. The number of aromatic nitrogens is 1. The lowest BCUT2D eigenvalue weighted by Crippen LogP contribution is -2.04. The summed E-state index contributed by atoms with van der Waals surface area (Å²) >= 11 is 0. The number of aryl methyl sites for hydroxylation is 1. The summed E-state index contributed by atoms with van der Waals surface area (Å²) in [7, 11) is 1.97. The lowest BCUT2D eigenvalue weighted by Gasteiger charge is -2.05. The summed E-state index contributed by atoms with van der Waals surface area (Å²) in [5.41, 5.74) is 9.99. The number of nitrogens with zero attached hydrogens (tertiary/aromatic N) is 1. The molecule has 0 atom stereocenters. The molecule has 0 saturated carbocycles. The fourth-order valence-corrected chi connectivity index (χ4v) is 2.64. The van der Waals surface area contributed by atoms with E-state index in [-0.39, 0.29) is 5.82 Å². The zero-order valence-electron chi connectivity index (χ0n) is 10.7. The Balaban J connectivity index is 2.42. The second-order valence-corrected chi connectivity index (χ2v) is 4.61. The van der Waals surface area contributed by atoms with Crippen molar-refractivity contribution >= 4 is 10.9 Å². The predicted molar refractivity (Wildman–Crippen MR) is 76.2 cm³/mol. The van der Waals surface area contributed by atoms with Crippen molar-refractivity contribution in [2.24, 2.45) is 12.8 Å². The first-order valence-electron chi connectivity index (χ1n) is 6.24. The first kappa shape index (κ1) is 11.9. The summed E-state index contributed by atoms with van der Waals surface area (Å²) in [6.07, 6.45) is 0. The van der Waals surface area contributed by atoms with Crippen LogP contribution in [-0.2, 0) is 13.6 Å². The van der Waals surface area contributed by atoms with Crippen molar-refractivity contribution in [1.82, 2.24) is 4.57 Å². The van der Waals surface area contributed by atoms with Gasteiger partial charge in [-0.3, -0.25) is 0 Å². The molecule has 0 saturated heterocycles. The topological polar surface area (TPSA) is 30.9 Å². The van der Waals surface area contributed by atoms with Crippen molar-refractivity contribution < 1.29 is 4.39 Å². The van der Waals surface area contributed by atoms with Crippen LogP contribution in [0.5, 0.6) is 0 Å². The van der Waals surface area contributed by atoms with Gasteiger partial charge in [0.2, 0.25) is 0 Å². The van der Waals surface area contributed by atoms with Gasteiger partial charge in [-0.1, -0.05) is 30.3 Å². The standard InChI is InChI=1S/C16H15FN2/c1-19-14-8-7-12(17)9-13(14)16(15(19)10-18)11-5-3-2-4-6-11/h2-9H,10,18H2,1H3. The number of fused-ring (bicyclic) bond motifs is 1. The number of rotatable bonds is 2. The molecule has 2 nitrogen and oxygen atoms in total. The number of nitrogens with two attached hydrogens (primary N) is 1. The number of hydrogen-bond donors (Lipinski definition) is 1. The smallest absolute Gasteiger partial charge is 0.123 e. The van der Waals surface area contributed by atoms with Gasteiger partial charge in [-0.15, -0.1) is 0 Å². The van der Waals surface area contributed by atoms with Crippen LogP contribution in [0.4, 0.5) is 4.39 Å². The van der Waals surface area contributed by atoms with Crippen LogP contribution in [0, 0.1) is 5.82 Å². The minimum absolute atomic E-state index is 0.223. The Morgan fingerprint density at radius 1 is 1.11 bits per heavy atom. The van der Waals surface area contributed by atoms with E-state index < -0.39 is 0 Å². The van der Waals surface area contributed by atoms with E-state index in [9.17, 15) is 4.39 Å². The highest BCUT2D eigenvalue weighted by atomic mass is 19.1. The van der Waals surface area contributed by atoms with E-state index in [0.717, 1.165) is 27.7 Å². The van der Waals surface area contributed by atoms with E-state index in [0.29, 0.717) is 6.54 Å². The second kappa shape index (κ2) is 4.52. The van der Waals surface area contributed by atoms with Gasteiger partial charge in [-0.05, 0) is 23.8 Å². The largest absolute Gasteiger partial charge is 0.346 e. The van der Waals surface area contributed by atoms with Gasteiger partial charge in [0.1, 0.15) is 5.82 Å². The summed E-state index contributed by atoms with van der Waals surface area (Å²) in [6, 6.07) is 14.8. The Morgan fingerprint density at radius 2 is 1.84 bits per heavy atom. The molecule has 2 aromatic carbocycles. The lowest BCUT2D eigenvalue weighted by molar-refractivity contribution is 0.629. The molecule has 3 aromatic rings. The maximum absolute atomic E-state index is 13.5. The molecule has 0 aliphatic heterocycles. The molecule has 3 heteroatoms. The fraction of sp³-hybridized carbons (Fsp3) is 0.125. The van der Waals surface area contributed by atoms with E-state index >= 15 is 0 Å². The normalized spacial score (nSPS) is 11.1. The van der Waals surface area contributed by atoms with Gasteiger partial charge in [0.15, 0.2) is 0 Å². The predicted octanol–water partition coefficient (Wildman–Crippen LogP) is 3.44. The molecule has 19 heavy (non-hydrogen) atoms. The molecular formula is C16H15FN2. The van der Waals surface area contributed by atoms with Crippen molar-refractivity contribution in [3.8, 4) is 11.1 Å². The second-order valence-electron chi connectivity index (χ2n) is 4.61. The molecule has 2 N–H and O–H groups in total. The van der Waals surface area contributed by atoms with Crippen molar-refractivity contribution in [2.45, 2.75) is 6.54 Å². The molecule has 0 spiro atoms. The van der Waals surface area contributed by atoms with Crippen LogP contribution in [0.15, 0.2) is 48.5 Å². The van der Waals surface area contributed by atoms with Crippen LogP contribution < -0.4 is 5.73 Å². The Morgan fingerprint density at radius 3 is 2.53 bits per heavy atom. The highest BCUT2D eigenvalue weighted by Gasteiger charge is 2.15. The molecule has 0 radical (unpaired) electrons. The SMILES string of the molecule is Cn1c(CN)c(-c2ccccc2)c2cc(F)ccc21. The number of hydrogen-bond acceptors (Lipinski definition) is 1. The molecule has 3 rings (SSSR count). The third-order valence-corrected chi connectivity index (χ3v) is 3.54. The molecule has 0 aliphatic carbocycles. The van der Waals surface area contributed by atoms with Crippen LogP contribution in [0.1, 0.15) is 5.69 Å². The highest BCUT2D eigenvalue weighted by molar-refractivity contribution is 5.98. The van der Waals surface area contributed by atoms with Crippen molar-refractivity contribution in [2.75, 3.05) is 0 Å². The van der Waals surface area contributed by atoms with Crippen LogP contribution >= 0.6 is 0 Å². The molecule has 0 bridgehead atoms. The summed E-state index contributed by atoms with van der Waals surface area (Å²) in [6.45, 7) is 0.428. The third kappa shape index (κ3) is 1.83.